The Hall–Kier alpha value is -3.23. The van der Waals surface area contributed by atoms with Crippen molar-refractivity contribution in [3.63, 3.8) is 0 Å². The molecule has 2 aliphatic heterocycles. The molecule has 0 saturated carbocycles. The average molecular weight is 1220 g/mol. The van der Waals surface area contributed by atoms with Gasteiger partial charge in [0.1, 0.15) is 61.0 Å². The summed E-state index contributed by atoms with van der Waals surface area (Å²) in [5.74, 6) is -1.04. The zero-order valence-electron chi connectivity index (χ0n) is 48.4. The summed E-state index contributed by atoms with van der Waals surface area (Å²) in [5.41, 5.74) is 0.448. The first-order valence-electron chi connectivity index (χ1n) is 29.0. The van der Waals surface area contributed by atoms with Crippen LogP contribution in [-0.2, 0) is 24.1 Å². The van der Waals surface area contributed by atoms with Crippen molar-refractivity contribution in [3.8, 4) is 0 Å². The van der Waals surface area contributed by atoms with Gasteiger partial charge in [0.05, 0.1) is 73.8 Å². The molecule has 22 atom stereocenters. The monoisotopic (exact) mass is 1220 g/mol. The van der Waals surface area contributed by atoms with Gasteiger partial charge in [-0.3, -0.25) is 4.55 Å². The molecular formula is C60H100O23S. The largest absolute Gasteiger partial charge is 0.397 e. The number of aliphatic hydroxyl groups excluding tert-OH is 17. The first-order chi connectivity index (χ1) is 39.6. The molecule has 0 radical (unpaired) electrons. The zero-order valence-corrected chi connectivity index (χ0v) is 49.2. The molecule has 2 fully saturated rings. The van der Waals surface area contributed by atoms with E-state index >= 15 is 0 Å². The Balaban J connectivity index is 1.84. The van der Waals surface area contributed by atoms with Crippen LogP contribution in [0.4, 0.5) is 0 Å². The lowest BCUT2D eigenvalue weighted by Gasteiger charge is -2.42. The van der Waals surface area contributed by atoms with Crippen molar-refractivity contribution in [1.82, 2.24) is 0 Å². The summed E-state index contributed by atoms with van der Waals surface area (Å²) in [6.45, 7) is 10.4. The molecule has 484 valence electrons. The maximum Gasteiger partial charge on any atom is 0.397 e. The second-order valence-corrected chi connectivity index (χ2v) is 23.2. The first kappa shape index (κ1) is 76.9. The van der Waals surface area contributed by atoms with E-state index in [1.165, 1.54) is 19.1 Å². The Labute approximate surface area is 495 Å². The summed E-state index contributed by atoms with van der Waals surface area (Å²) in [4.78, 5) is 0. The summed E-state index contributed by atoms with van der Waals surface area (Å²) < 4.78 is 45.5. The lowest BCUT2D eigenvalue weighted by molar-refractivity contribution is -0.234. The van der Waals surface area contributed by atoms with E-state index < -0.39 is 145 Å². The number of ether oxygens (including phenoxy) is 2. The third-order valence-corrected chi connectivity index (χ3v) is 15.4. The van der Waals surface area contributed by atoms with Crippen LogP contribution in [0.5, 0.6) is 0 Å². The van der Waals surface area contributed by atoms with E-state index in [0.29, 0.717) is 44.1 Å². The van der Waals surface area contributed by atoms with Crippen LogP contribution in [0.2, 0.25) is 0 Å². The van der Waals surface area contributed by atoms with Crippen LogP contribution >= 0.6 is 0 Å². The fraction of sp³-hybridized carbons (Fsp3) is 0.700. The van der Waals surface area contributed by atoms with E-state index in [0.717, 1.165) is 12.8 Å². The molecule has 24 heteroatoms. The molecule has 2 saturated heterocycles. The van der Waals surface area contributed by atoms with Gasteiger partial charge >= 0.3 is 10.4 Å². The SMILES string of the molecule is C=CCC/C=C/C=C/C=C/CC/C=C/[C@@H](O)[C@H](O)[C@@H]1O[C@@H]([C@H](O)[C@@H](O)C(=C)CC[C@@H](O)[C@H]2C[C@@H](O)[C@@H](O)[C@H]([C@@H](O)[C@H](O)/C=C(\C)CC[C@H](O)C[C@H](O)[C@H](O)[C@H](C)[C@H](O)[C@H](O)C/C=C/C[C@@H](O)/C=C/CCCCCOS(=O)(=O)O)O2)C[C@@H](O)[C@H]1O. The van der Waals surface area contributed by atoms with Gasteiger partial charge in [-0.15, -0.1) is 6.58 Å². The van der Waals surface area contributed by atoms with Gasteiger partial charge in [-0.2, -0.15) is 8.42 Å². The summed E-state index contributed by atoms with van der Waals surface area (Å²) in [6.07, 6.45) is -3.24. The quantitative estimate of drug-likeness (QED) is 0.0174. The molecule has 0 amide bonds. The van der Waals surface area contributed by atoms with Crippen LogP contribution in [0.15, 0.2) is 109 Å². The van der Waals surface area contributed by atoms with Crippen LogP contribution < -0.4 is 0 Å². The predicted molar refractivity (Wildman–Crippen MR) is 313 cm³/mol. The van der Waals surface area contributed by atoms with Gasteiger partial charge in [-0.05, 0) is 96.0 Å². The zero-order chi connectivity index (χ0) is 63.1. The molecule has 84 heavy (non-hydrogen) atoms. The Bertz CT molecular complexity index is 2170. The standard InChI is InChI=1S/C60H100O23S/c1-5-6-7-8-9-10-11-12-13-14-17-20-26-44(65)54(73)59-57(76)48(69)36-50(83-59)58(77)51(70)38(3)29-31-42(63)49-35-47(68)56(75)60(82-49)55(74)45(66)33-37(2)28-30-41(62)34-46(67)53(72)39(4)52(71)43(64)27-22-21-25-40(61)24-19-16-15-18-23-32-81-84(78,79)80/h5,8-13,19-22,24,26,33,39-77H,1,3,6-7,14-18,23,25,27-32,34-36H2,2,4H3,(H,78,79,80)/b9-8+,11-10+,13-12+,22-21+,24-19+,26-20+,37-33+/t39-,40+,41+,42-,43-,44-,45-,46+,47-,48-,49-,50-,51+,52+,53-,54+,55+,56-,57-,58+,59+,60+/m1/s1. The Morgan fingerprint density at radius 3 is 1.79 bits per heavy atom. The number of rotatable bonds is 42. The lowest BCUT2D eigenvalue weighted by Crippen LogP contribution is -2.59. The minimum atomic E-state index is -4.46. The van der Waals surface area contributed by atoms with E-state index in [9.17, 15) is 95.2 Å². The molecule has 0 spiro atoms. The van der Waals surface area contributed by atoms with Gasteiger partial charge in [0.2, 0.25) is 0 Å². The molecule has 23 nitrogen and oxygen atoms in total. The molecule has 0 aromatic rings. The van der Waals surface area contributed by atoms with Gasteiger partial charge in [0, 0.05) is 25.2 Å². The Morgan fingerprint density at radius 1 is 0.619 bits per heavy atom. The van der Waals surface area contributed by atoms with Gasteiger partial charge in [-0.25, -0.2) is 4.18 Å². The lowest BCUT2D eigenvalue weighted by atomic mass is 9.86. The number of hydrogen-bond donors (Lipinski definition) is 18. The van der Waals surface area contributed by atoms with Crippen molar-refractivity contribution >= 4 is 10.4 Å². The first-order valence-corrected chi connectivity index (χ1v) is 30.4. The molecule has 2 aliphatic rings. The predicted octanol–water partition coefficient (Wildman–Crippen LogP) is 0.769. The maximum absolute atomic E-state index is 11.2. The third-order valence-electron chi connectivity index (χ3n) is 15.0. The number of allylic oxidation sites excluding steroid dienone is 10. The second-order valence-electron chi connectivity index (χ2n) is 22.1. The molecule has 0 unspecified atom stereocenters. The molecule has 2 heterocycles. The van der Waals surface area contributed by atoms with Crippen molar-refractivity contribution in [3.05, 3.63) is 109 Å². The molecule has 2 rings (SSSR count). The molecule has 0 aliphatic carbocycles. The normalized spacial score (nSPS) is 27.5. The summed E-state index contributed by atoms with van der Waals surface area (Å²) in [6, 6.07) is 0. The highest BCUT2D eigenvalue weighted by Gasteiger charge is 2.47. The Kier molecular flexibility index (Phi) is 37.6. The summed E-state index contributed by atoms with van der Waals surface area (Å²) >= 11 is 0. The van der Waals surface area contributed by atoms with Crippen LogP contribution in [0.3, 0.4) is 0 Å². The number of hydrogen-bond acceptors (Lipinski definition) is 22. The van der Waals surface area contributed by atoms with Crippen molar-refractivity contribution in [2.45, 2.75) is 251 Å². The topological polar surface area (TPSA) is 426 Å². The third kappa shape index (κ3) is 29.2. The minimum absolute atomic E-state index is 0.000684. The second kappa shape index (κ2) is 41.1. The van der Waals surface area contributed by atoms with E-state index in [1.807, 2.05) is 42.5 Å². The molecule has 0 bridgehead atoms. The molecular weight excluding hydrogens is 1120 g/mol. The minimum Gasteiger partial charge on any atom is -0.393 e. The Morgan fingerprint density at radius 2 is 1.17 bits per heavy atom. The van der Waals surface area contributed by atoms with Crippen LogP contribution in [0.1, 0.15) is 123 Å². The van der Waals surface area contributed by atoms with E-state index in [2.05, 4.69) is 17.3 Å². The average Bonchev–Trinajstić information content (AvgIpc) is 3.20. The molecule has 18 N–H and O–H groups in total. The summed E-state index contributed by atoms with van der Waals surface area (Å²) in [5, 5.41) is 184. The van der Waals surface area contributed by atoms with Crippen molar-refractivity contribution in [1.29, 1.82) is 0 Å². The van der Waals surface area contributed by atoms with Crippen molar-refractivity contribution < 1.29 is 113 Å². The van der Waals surface area contributed by atoms with Gasteiger partial charge in [0.25, 0.3) is 0 Å². The highest BCUT2D eigenvalue weighted by Crippen LogP contribution is 2.32. The fourth-order valence-electron chi connectivity index (χ4n) is 9.59. The van der Waals surface area contributed by atoms with E-state index in [-0.39, 0.29) is 70.0 Å². The summed E-state index contributed by atoms with van der Waals surface area (Å²) in [7, 11) is -4.46. The molecule has 0 aromatic heterocycles. The van der Waals surface area contributed by atoms with Crippen molar-refractivity contribution in [2.75, 3.05) is 6.61 Å². The van der Waals surface area contributed by atoms with E-state index in [4.69, 9.17) is 14.0 Å². The van der Waals surface area contributed by atoms with Crippen LogP contribution in [-0.4, -0.2) is 235 Å². The number of aliphatic hydroxyl groups is 17. The number of unbranched alkanes of at least 4 members (excludes halogenated alkanes) is 5. The fourth-order valence-corrected chi connectivity index (χ4v) is 9.92. The smallest absolute Gasteiger partial charge is 0.393 e. The van der Waals surface area contributed by atoms with Gasteiger partial charge < -0.3 is 96.3 Å². The van der Waals surface area contributed by atoms with Gasteiger partial charge in [-0.1, -0.05) is 111 Å². The van der Waals surface area contributed by atoms with Crippen LogP contribution in [0.25, 0.3) is 0 Å². The van der Waals surface area contributed by atoms with E-state index in [1.54, 1.807) is 37.3 Å². The highest BCUT2D eigenvalue weighted by atomic mass is 32.3. The van der Waals surface area contributed by atoms with Crippen LogP contribution in [0, 0.1) is 5.92 Å². The highest BCUT2D eigenvalue weighted by molar-refractivity contribution is 7.80. The van der Waals surface area contributed by atoms with Crippen molar-refractivity contribution in [2.24, 2.45) is 5.92 Å². The molecule has 0 aromatic carbocycles. The maximum atomic E-state index is 11.2. The van der Waals surface area contributed by atoms with Gasteiger partial charge in [0.15, 0.2) is 0 Å².